The Morgan fingerprint density at radius 3 is 1.64 bits per heavy atom. The minimum atomic E-state index is 0.401. The summed E-state index contributed by atoms with van der Waals surface area (Å²) >= 11 is 0. The van der Waals surface area contributed by atoms with Crippen LogP contribution in [-0.2, 0) is 0 Å². The van der Waals surface area contributed by atoms with Crippen LogP contribution in [0.5, 0.6) is 0 Å². The molecule has 0 spiro atoms. The predicted octanol–water partition coefficient (Wildman–Crippen LogP) is 3.88. The van der Waals surface area contributed by atoms with E-state index >= 15 is 0 Å². The summed E-state index contributed by atoms with van der Waals surface area (Å²) in [5.41, 5.74) is 1.70. The van der Waals surface area contributed by atoms with Crippen molar-refractivity contribution in [3.63, 3.8) is 0 Å². The third-order valence-corrected chi connectivity index (χ3v) is 2.89. The molecule has 0 saturated heterocycles. The summed E-state index contributed by atoms with van der Waals surface area (Å²) in [6, 6.07) is 0. The van der Waals surface area contributed by atoms with Gasteiger partial charge in [-0.2, -0.15) is 0 Å². The fraction of sp³-hybridized carbons (Fsp3) is 0.818. The van der Waals surface area contributed by atoms with Crippen molar-refractivity contribution >= 4 is 0 Å². The molecule has 0 aliphatic carbocycles. The summed E-state index contributed by atoms with van der Waals surface area (Å²) in [4.78, 5) is 0. The maximum atomic E-state index is 3.99. The SMILES string of the molecule is C=C(C)C(C)C(C)C(C)(C)C. The maximum Gasteiger partial charge on any atom is -0.0206 e. The number of hydrogen-bond donors (Lipinski definition) is 0. The Balaban J connectivity index is 4.25. The summed E-state index contributed by atoms with van der Waals surface area (Å²) in [5.74, 6) is 1.34. The van der Waals surface area contributed by atoms with Gasteiger partial charge < -0.3 is 0 Å². The van der Waals surface area contributed by atoms with Gasteiger partial charge in [0, 0.05) is 0 Å². The van der Waals surface area contributed by atoms with Gasteiger partial charge in [-0.15, -0.1) is 0 Å². The van der Waals surface area contributed by atoms with Crippen LogP contribution in [0.3, 0.4) is 0 Å². The molecule has 11 heavy (non-hydrogen) atoms. The molecule has 0 radical (unpaired) electrons. The average Bonchev–Trinajstić information content (AvgIpc) is 1.82. The Labute approximate surface area is 71.7 Å². The number of hydrogen-bond acceptors (Lipinski definition) is 0. The van der Waals surface area contributed by atoms with Crippen LogP contribution in [0.2, 0.25) is 0 Å². The highest BCUT2D eigenvalue weighted by molar-refractivity contribution is 4.98. The molecule has 0 aromatic rings. The van der Waals surface area contributed by atoms with Gasteiger partial charge in [-0.05, 0) is 24.2 Å². The van der Waals surface area contributed by atoms with E-state index in [-0.39, 0.29) is 0 Å². The van der Waals surface area contributed by atoms with Gasteiger partial charge in [0.05, 0.1) is 0 Å². The number of rotatable bonds is 2. The molecule has 66 valence electrons. The van der Waals surface area contributed by atoms with Crippen LogP contribution < -0.4 is 0 Å². The first-order valence-electron chi connectivity index (χ1n) is 4.42. The lowest BCUT2D eigenvalue weighted by Crippen LogP contribution is -2.24. The lowest BCUT2D eigenvalue weighted by Gasteiger charge is -2.32. The summed E-state index contributed by atoms with van der Waals surface area (Å²) in [6.07, 6.45) is 0. The highest BCUT2D eigenvalue weighted by Crippen LogP contribution is 2.34. The van der Waals surface area contributed by atoms with Crippen molar-refractivity contribution in [2.75, 3.05) is 0 Å². The molecule has 0 nitrogen and oxygen atoms in total. The first-order chi connectivity index (χ1) is 4.76. The molecular weight excluding hydrogens is 132 g/mol. The first-order valence-corrected chi connectivity index (χ1v) is 4.42. The average molecular weight is 154 g/mol. The van der Waals surface area contributed by atoms with Crippen molar-refractivity contribution in [2.45, 2.75) is 41.5 Å². The van der Waals surface area contributed by atoms with Crippen molar-refractivity contribution in [1.82, 2.24) is 0 Å². The molecule has 0 saturated carbocycles. The Morgan fingerprint density at radius 1 is 1.18 bits per heavy atom. The van der Waals surface area contributed by atoms with Crippen molar-refractivity contribution in [3.8, 4) is 0 Å². The van der Waals surface area contributed by atoms with Crippen LogP contribution in [0.4, 0.5) is 0 Å². The molecule has 0 aromatic carbocycles. The second-order valence-corrected chi connectivity index (χ2v) is 4.79. The van der Waals surface area contributed by atoms with Gasteiger partial charge in [0.1, 0.15) is 0 Å². The molecule has 0 amide bonds. The second-order valence-electron chi connectivity index (χ2n) is 4.79. The number of allylic oxidation sites excluding steroid dienone is 1. The van der Waals surface area contributed by atoms with Gasteiger partial charge in [0.25, 0.3) is 0 Å². The van der Waals surface area contributed by atoms with Crippen LogP contribution in [0, 0.1) is 17.3 Å². The largest absolute Gasteiger partial charge is 0.0999 e. The molecule has 0 aliphatic heterocycles. The normalized spacial score (nSPS) is 17.6. The van der Waals surface area contributed by atoms with E-state index in [2.05, 4.69) is 48.1 Å². The minimum Gasteiger partial charge on any atom is -0.0999 e. The molecule has 2 atom stereocenters. The summed E-state index contributed by atoms with van der Waals surface area (Å²) < 4.78 is 0. The van der Waals surface area contributed by atoms with E-state index in [4.69, 9.17) is 0 Å². The van der Waals surface area contributed by atoms with Gasteiger partial charge in [-0.3, -0.25) is 0 Å². The lowest BCUT2D eigenvalue weighted by atomic mass is 9.73. The second kappa shape index (κ2) is 3.42. The summed E-state index contributed by atoms with van der Waals surface area (Å²) in [5, 5.41) is 0. The Kier molecular flexibility index (Phi) is 3.34. The third kappa shape index (κ3) is 3.09. The van der Waals surface area contributed by atoms with E-state index in [1.54, 1.807) is 0 Å². The predicted molar refractivity (Wildman–Crippen MR) is 52.6 cm³/mol. The molecule has 0 aromatic heterocycles. The topological polar surface area (TPSA) is 0 Å². The van der Waals surface area contributed by atoms with Crippen molar-refractivity contribution in [1.29, 1.82) is 0 Å². The quantitative estimate of drug-likeness (QED) is 0.529. The van der Waals surface area contributed by atoms with E-state index in [0.717, 1.165) is 0 Å². The van der Waals surface area contributed by atoms with Crippen molar-refractivity contribution in [2.24, 2.45) is 17.3 Å². The first kappa shape index (κ1) is 10.7. The van der Waals surface area contributed by atoms with Gasteiger partial charge in [0.2, 0.25) is 0 Å². The fourth-order valence-electron chi connectivity index (χ4n) is 1.18. The zero-order chi connectivity index (χ0) is 9.23. The Morgan fingerprint density at radius 2 is 1.55 bits per heavy atom. The molecule has 0 aliphatic rings. The molecular formula is C11H22. The maximum absolute atomic E-state index is 3.99. The molecule has 0 N–H and O–H groups in total. The van der Waals surface area contributed by atoms with E-state index in [1.807, 2.05) is 0 Å². The van der Waals surface area contributed by atoms with Gasteiger partial charge in [-0.1, -0.05) is 46.8 Å². The van der Waals surface area contributed by atoms with Gasteiger partial charge in [-0.25, -0.2) is 0 Å². The van der Waals surface area contributed by atoms with Crippen LogP contribution in [0.1, 0.15) is 41.5 Å². The molecule has 2 unspecified atom stereocenters. The highest BCUT2D eigenvalue weighted by atomic mass is 14.3. The van der Waals surface area contributed by atoms with Crippen LogP contribution >= 0.6 is 0 Å². The highest BCUT2D eigenvalue weighted by Gasteiger charge is 2.25. The van der Waals surface area contributed by atoms with Crippen LogP contribution in [0.25, 0.3) is 0 Å². The molecule has 0 heteroatoms. The van der Waals surface area contributed by atoms with Crippen molar-refractivity contribution < 1.29 is 0 Å². The van der Waals surface area contributed by atoms with E-state index in [0.29, 0.717) is 17.3 Å². The van der Waals surface area contributed by atoms with Gasteiger partial charge in [0.15, 0.2) is 0 Å². The monoisotopic (exact) mass is 154 g/mol. The summed E-state index contributed by atoms with van der Waals surface area (Å²) in [6.45, 7) is 17.5. The smallest absolute Gasteiger partial charge is 0.0206 e. The third-order valence-electron chi connectivity index (χ3n) is 2.89. The minimum absolute atomic E-state index is 0.401. The van der Waals surface area contributed by atoms with Gasteiger partial charge >= 0.3 is 0 Å². The van der Waals surface area contributed by atoms with E-state index < -0.39 is 0 Å². The Hall–Kier alpha value is -0.260. The Bertz CT molecular complexity index is 137. The zero-order valence-electron chi connectivity index (χ0n) is 8.86. The van der Waals surface area contributed by atoms with Crippen molar-refractivity contribution in [3.05, 3.63) is 12.2 Å². The van der Waals surface area contributed by atoms with E-state index in [9.17, 15) is 0 Å². The standard InChI is InChI=1S/C11H22/c1-8(2)9(3)10(4)11(5,6)7/h9-10H,1H2,2-7H3. The van der Waals surface area contributed by atoms with Crippen LogP contribution in [0.15, 0.2) is 12.2 Å². The molecule has 0 heterocycles. The zero-order valence-corrected chi connectivity index (χ0v) is 8.86. The lowest BCUT2D eigenvalue weighted by molar-refractivity contribution is 0.208. The summed E-state index contributed by atoms with van der Waals surface area (Å²) in [7, 11) is 0. The fourth-order valence-corrected chi connectivity index (χ4v) is 1.18. The molecule has 0 rings (SSSR count). The molecule has 0 fully saturated rings. The van der Waals surface area contributed by atoms with E-state index in [1.165, 1.54) is 5.57 Å². The molecule has 0 bridgehead atoms. The van der Waals surface area contributed by atoms with Crippen LogP contribution in [-0.4, -0.2) is 0 Å².